The summed E-state index contributed by atoms with van der Waals surface area (Å²) in [6.07, 6.45) is 6.31. The van der Waals surface area contributed by atoms with E-state index in [1.54, 1.807) is 30.0 Å². The van der Waals surface area contributed by atoms with Gasteiger partial charge in [-0.25, -0.2) is 13.1 Å². The molecule has 0 bridgehead atoms. The Bertz CT molecular complexity index is 837. The minimum atomic E-state index is -3.47. The molecule has 1 heterocycles. The predicted molar refractivity (Wildman–Crippen MR) is 107 cm³/mol. The molecule has 0 aromatic heterocycles. The fourth-order valence-corrected chi connectivity index (χ4v) is 4.41. The Hall–Kier alpha value is -2.19. The average molecular weight is 406 g/mol. The molecule has 1 saturated carbocycles. The minimum Gasteiger partial charge on any atom is -0.339 e. The van der Waals surface area contributed by atoms with Gasteiger partial charge in [-0.3, -0.25) is 9.59 Å². The van der Waals surface area contributed by atoms with Gasteiger partial charge in [-0.05, 0) is 36.6 Å². The highest BCUT2D eigenvalue weighted by Crippen LogP contribution is 2.28. The van der Waals surface area contributed by atoms with Gasteiger partial charge in [-0.15, -0.1) is 0 Å². The zero-order chi connectivity index (χ0) is 20.1. The summed E-state index contributed by atoms with van der Waals surface area (Å²) >= 11 is 0. The number of rotatable bonds is 6. The van der Waals surface area contributed by atoms with Crippen molar-refractivity contribution in [2.75, 3.05) is 32.7 Å². The second kappa shape index (κ2) is 8.87. The second-order valence-electron chi connectivity index (χ2n) is 7.18. The molecule has 2 aliphatic rings. The molecule has 1 aromatic rings. The van der Waals surface area contributed by atoms with E-state index in [1.807, 2.05) is 4.90 Å². The summed E-state index contributed by atoms with van der Waals surface area (Å²) in [6.45, 7) is 4.32. The van der Waals surface area contributed by atoms with Gasteiger partial charge in [0.25, 0.3) is 0 Å². The van der Waals surface area contributed by atoms with E-state index in [9.17, 15) is 18.0 Å². The van der Waals surface area contributed by atoms with E-state index >= 15 is 0 Å². The van der Waals surface area contributed by atoms with Crippen molar-refractivity contribution < 1.29 is 18.0 Å². The maximum Gasteiger partial charge on any atom is 0.246 e. The quantitative estimate of drug-likeness (QED) is 0.726. The van der Waals surface area contributed by atoms with Crippen LogP contribution in [0.5, 0.6) is 0 Å². The summed E-state index contributed by atoms with van der Waals surface area (Å²) in [6, 6.07) is 6.38. The van der Waals surface area contributed by atoms with Gasteiger partial charge in [0.15, 0.2) is 0 Å². The van der Waals surface area contributed by atoms with Gasteiger partial charge >= 0.3 is 0 Å². The lowest BCUT2D eigenvalue weighted by Crippen LogP contribution is -2.52. The van der Waals surface area contributed by atoms with E-state index in [4.69, 9.17) is 0 Å². The maximum atomic E-state index is 12.4. The molecule has 1 N–H and O–H groups in total. The largest absolute Gasteiger partial charge is 0.339 e. The fourth-order valence-electron chi connectivity index (χ4n) is 3.36. The number of nitrogens with zero attached hydrogens (tertiary/aromatic N) is 2. The second-order valence-corrected chi connectivity index (χ2v) is 8.95. The van der Waals surface area contributed by atoms with Crippen LogP contribution in [0.15, 0.2) is 35.2 Å². The third-order valence-corrected chi connectivity index (χ3v) is 6.86. The highest BCUT2D eigenvalue weighted by atomic mass is 32.2. The molecule has 1 aliphatic carbocycles. The topological polar surface area (TPSA) is 86.8 Å². The molecule has 0 atom stereocenters. The Labute approximate surface area is 166 Å². The Morgan fingerprint density at radius 3 is 2.21 bits per heavy atom. The minimum absolute atomic E-state index is 0.0971. The first-order chi connectivity index (χ1) is 13.4. The number of carbonyl (C=O) groups is 2. The summed E-state index contributed by atoms with van der Waals surface area (Å²) in [5, 5.41) is 0. The average Bonchev–Trinajstić information content (AvgIpc) is 2.65. The van der Waals surface area contributed by atoms with E-state index in [-0.39, 0.29) is 22.6 Å². The lowest BCUT2D eigenvalue weighted by molar-refractivity contribution is -0.142. The van der Waals surface area contributed by atoms with Crippen molar-refractivity contribution >= 4 is 27.9 Å². The van der Waals surface area contributed by atoms with Crippen molar-refractivity contribution in [2.24, 2.45) is 5.92 Å². The summed E-state index contributed by atoms with van der Waals surface area (Å²) in [5.74, 6) is 0.336. The van der Waals surface area contributed by atoms with Crippen LogP contribution in [0.1, 0.15) is 31.7 Å². The molecular weight excluding hydrogens is 378 g/mol. The molecule has 7 nitrogen and oxygen atoms in total. The molecule has 152 valence electrons. The third-order valence-electron chi connectivity index (χ3n) is 5.30. The van der Waals surface area contributed by atoms with Crippen LogP contribution in [0.2, 0.25) is 0 Å². The van der Waals surface area contributed by atoms with Crippen molar-refractivity contribution in [3.63, 3.8) is 0 Å². The highest BCUT2D eigenvalue weighted by Gasteiger charge is 2.31. The van der Waals surface area contributed by atoms with Crippen LogP contribution in [0.25, 0.3) is 6.08 Å². The van der Waals surface area contributed by atoms with E-state index in [0.717, 1.165) is 24.8 Å². The number of amides is 2. The van der Waals surface area contributed by atoms with Gasteiger partial charge < -0.3 is 9.80 Å². The predicted octanol–water partition coefficient (Wildman–Crippen LogP) is 1.47. The van der Waals surface area contributed by atoms with E-state index in [1.165, 1.54) is 18.2 Å². The Morgan fingerprint density at radius 1 is 1.07 bits per heavy atom. The first-order valence-electron chi connectivity index (χ1n) is 9.76. The van der Waals surface area contributed by atoms with Crippen molar-refractivity contribution in [3.05, 3.63) is 35.9 Å². The SMILES string of the molecule is CCNS(=O)(=O)c1ccc(/C=C/C(=O)N2CCN(C(=O)C3CCC3)CC2)cc1. The van der Waals surface area contributed by atoms with Gasteiger partial charge in [0.05, 0.1) is 4.90 Å². The Kier molecular flexibility index (Phi) is 6.51. The zero-order valence-electron chi connectivity index (χ0n) is 16.1. The molecular formula is C20H27N3O4S. The molecule has 8 heteroatoms. The van der Waals surface area contributed by atoms with Crippen LogP contribution < -0.4 is 4.72 Å². The van der Waals surface area contributed by atoms with E-state index in [0.29, 0.717) is 32.7 Å². The number of hydrogen-bond donors (Lipinski definition) is 1. The number of carbonyl (C=O) groups excluding carboxylic acids is 2. The van der Waals surface area contributed by atoms with Crippen LogP contribution in [0.4, 0.5) is 0 Å². The Balaban J connectivity index is 1.52. The number of benzene rings is 1. The fraction of sp³-hybridized carbons (Fsp3) is 0.500. The molecule has 1 saturated heterocycles. The van der Waals surface area contributed by atoms with Crippen LogP contribution in [-0.4, -0.2) is 62.8 Å². The molecule has 2 amide bonds. The van der Waals surface area contributed by atoms with Gasteiger partial charge in [0.2, 0.25) is 21.8 Å². The van der Waals surface area contributed by atoms with Crippen molar-refractivity contribution in [2.45, 2.75) is 31.1 Å². The van der Waals surface area contributed by atoms with Gasteiger partial charge in [0, 0.05) is 44.7 Å². The molecule has 28 heavy (non-hydrogen) atoms. The van der Waals surface area contributed by atoms with Crippen LogP contribution in [0.3, 0.4) is 0 Å². The van der Waals surface area contributed by atoms with Gasteiger partial charge in [-0.1, -0.05) is 25.5 Å². The molecule has 2 fully saturated rings. The number of nitrogens with one attached hydrogen (secondary N) is 1. The van der Waals surface area contributed by atoms with Crippen LogP contribution in [0, 0.1) is 5.92 Å². The number of hydrogen-bond acceptors (Lipinski definition) is 4. The monoisotopic (exact) mass is 405 g/mol. The van der Waals surface area contributed by atoms with E-state index < -0.39 is 10.0 Å². The lowest BCUT2D eigenvalue weighted by atomic mass is 9.84. The molecule has 0 spiro atoms. The summed E-state index contributed by atoms with van der Waals surface area (Å²) < 4.78 is 26.3. The van der Waals surface area contributed by atoms with Crippen LogP contribution in [-0.2, 0) is 19.6 Å². The van der Waals surface area contributed by atoms with Crippen molar-refractivity contribution in [3.8, 4) is 0 Å². The van der Waals surface area contributed by atoms with Crippen molar-refractivity contribution in [1.82, 2.24) is 14.5 Å². The number of piperazine rings is 1. The smallest absolute Gasteiger partial charge is 0.246 e. The highest BCUT2D eigenvalue weighted by molar-refractivity contribution is 7.89. The molecule has 0 radical (unpaired) electrons. The summed E-state index contributed by atoms with van der Waals surface area (Å²) in [7, 11) is -3.47. The third kappa shape index (κ3) is 4.80. The zero-order valence-corrected chi connectivity index (χ0v) is 17.0. The molecule has 1 aliphatic heterocycles. The molecule has 3 rings (SSSR count). The van der Waals surface area contributed by atoms with Gasteiger partial charge in [0.1, 0.15) is 0 Å². The standard InChI is InChI=1S/C20H27N3O4S/c1-2-21-28(26,27)18-9-6-16(7-10-18)8-11-19(24)22-12-14-23(15-13-22)20(25)17-4-3-5-17/h6-11,17,21H,2-5,12-15H2,1H3/b11-8+. The molecule has 0 unspecified atom stereocenters. The lowest BCUT2D eigenvalue weighted by Gasteiger charge is -2.37. The summed E-state index contributed by atoms with van der Waals surface area (Å²) in [4.78, 5) is 28.5. The van der Waals surface area contributed by atoms with E-state index in [2.05, 4.69) is 4.72 Å². The summed E-state index contributed by atoms with van der Waals surface area (Å²) in [5.41, 5.74) is 0.752. The van der Waals surface area contributed by atoms with Crippen LogP contribution >= 0.6 is 0 Å². The van der Waals surface area contributed by atoms with Gasteiger partial charge in [-0.2, -0.15) is 0 Å². The number of sulfonamides is 1. The van der Waals surface area contributed by atoms with Crippen molar-refractivity contribution in [1.29, 1.82) is 0 Å². The Morgan fingerprint density at radius 2 is 1.68 bits per heavy atom. The molecule has 1 aromatic carbocycles. The normalized spacial score (nSPS) is 18.3. The first kappa shape index (κ1) is 20.5. The first-order valence-corrected chi connectivity index (χ1v) is 11.2. The maximum absolute atomic E-state index is 12.4.